The van der Waals surface area contributed by atoms with Crippen LogP contribution in [0.5, 0.6) is 0 Å². The lowest BCUT2D eigenvalue weighted by Gasteiger charge is -2.13. The number of hydrogen-bond donors (Lipinski definition) is 0. The first-order chi connectivity index (χ1) is 9.54. The number of rotatable bonds is 4. The van der Waals surface area contributed by atoms with Gasteiger partial charge < -0.3 is 4.90 Å². The van der Waals surface area contributed by atoms with Crippen molar-refractivity contribution in [1.82, 2.24) is 4.90 Å². The van der Waals surface area contributed by atoms with Crippen LogP contribution in [-0.4, -0.2) is 17.9 Å². The Kier molecular flexibility index (Phi) is 5.15. The van der Waals surface area contributed by atoms with Crippen molar-refractivity contribution in [3.8, 4) is 0 Å². The van der Waals surface area contributed by atoms with Gasteiger partial charge in [0.05, 0.1) is 10.3 Å². The third kappa shape index (κ3) is 4.32. The molecule has 1 aromatic heterocycles. The van der Waals surface area contributed by atoms with Gasteiger partial charge in [-0.25, -0.2) is 0 Å². The van der Waals surface area contributed by atoms with Crippen molar-refractivity contribution < 1.29 is 4.79 Å². The molecule has 0 aliphatic carbocycles. The Hall–Kier alpha value is -1.39. The van der Waals surface area contributed by atoms with Crippen molar-refractivity contribution in [3.05, 3.63) is 62.3 Å². The van der Waals surface area contributed by atoms with E-state index in [2.05, 4.69) is 15.9 Å². The number of halogens is 1. The molecular weight excluding hydrogens is 334 g/mol. The summed E-state index contributed by atoms with van der Waals surface area (Å²) in [5.74, 6) is 0.00935. The molecule has 4 heteroatoms. The zero-order chi connectivity index (χ0) is 14.5. The number of amides is 1. The lowest BCUT2D eigenvalue weighted by molar-refractivity contribution is -0.125. The van der Waals surface area contributed by atoms with Gasteiger partial charge in [-0.3, -0.25) is 4.79 Å². The Morgan fingerprint density at radius 2 is 1.95 bits per heavy atom. The first kappa shape index (κ1) is 15.0. The third-order valence-electron chi connectivity index (χ3n) is 2.89. The fourth-order valence-corrected chi connectivity index (χ4v) is 3.26. The van der Waals surface area contributed by atoms with E-state index in [0.29, 0.717) is 6.54 Å². The number of nitrogens with zero attached hydrogens (tertiary/aromatic N) is 1. The van der Waals surface area contributed by atoms with Gasteiger partial charge in [-0.05, 0) is 46.6 Å². The summed E-state index contributed by atoms with van der Waals surface area (Å²) in [5, 5.41) is 0. The molecule has 2 nitrogen and oxygen atoms in total. The van der Waals surface area contributed by atoms with E-state index >= 15 is 0 Å². The van der Waals surface area contributed by atoms with Crippen LogP contribution in [0, 0.1) is 6.92 Å². The lowest BCUT2D eigenvalue weighted by Crippen LogP contribution is -2.23. The van der Waals surface area contributed by atoms with Crippen LogP contribution >= 0.6 is 27.3 Å². The SMILES string of the molecule is Cc1ccc(/C=C/C(=O)N(C)Cc2ccc(Br)s2)cc1. The predicted molar refractivity (Wildman–Crippen MR) is 88.7 cm³/mol. The van der Waals surface area contributed by atoms with Crippen LogP contribution in [0.25, 0.3) is 6.08 Å². The minimum Gasteiger partial charge on any atom is -0.337 e. The smallest absolute Gasteiger partial charge is 0.246 e. The van der Waals surface area contributed by atoms with Gasteiger partial charge in [-0.2, -0.15) is 0 Å². The molecule has 2 rings (SSSR count). The van der Waals surface area contributed by atoms with E-state index in [1.807, 2.05) is 56.4 Å². The molecular formula is C16H16BrNOS. The van der Waals surface area contributed by atoms with Crippen molar-refractivity contribution in [1.29, 1.82) is 0 Å². The summed E-state index contributed by atoms with van der Waals surface area (Å²) in [6.07, 6.45) is 3.47. The summed E-state index contributed by atoms with van der Waals surface area (Å²) >= 11 is 5.08. The first-order valence-electron chi connectivity index (χ1n) is 6.28. The largest absolute Gasteiger partial charge is 0.337 e. The Morgan fingerprint density at radius 1 is 1.25 bits per heavy atom. The molecule has 1 aromatic carbocycles. The van der Waals surface area contributed by atoms with E-state index < -0.39 is 0 Å². The summed E-state index contributed by atoms with van der Waals surface area (Å²) in [7, 11) is 1.81. The summed E-state index contributed by atoms with van der Waals surface area (Å²) in [5.41, 5.74) is 2.25. The van der Waals surface area contributed by atoms with E-state index in [1.165, 1.54) is 5.56 Å². The molecule has 0 aliphatic rings. The molecule has 0 spiro atoms. The van der Waals surface area contributed by atoms with Gasteiger partial charge in [-0.15, -0.1) is 11.3 Å². The van der Waals surface area contributed by atoms with E-state index in [1.54, 1.807) is 22.3 Å². The fourth-order valence-electron chi connectivity index (χ4n) is 1.72. The zero-order valence-electron chi connectivity index (χ0n) is 11.5. The van der Waals surface area contributed by atoms with Crippen LogP contribution in [0.4, 0.5) is 0 Å². The zero-order valence-corrected chi connectivity index (χ0v) is 13.9. The number of hydrogen-bond acceptors (Lipinski definition) is 2. The standard InChI is InChI=1S/C16H16BrNOS/c1-12-3-5-13(6-4-12)7-10-16(19)18(2)11-14-8-9-15(17)20-14/h3-10H,11H2,1-2H3/b10-7+. The highest BCUT2D eigenvalue weighted by Gasteiger charge is 2.07. The second-order valence-corrected chi connectivity index (χ2v) is 7.19. The Balaban J connectivity index is 1.95. The van der Waals surface area contributed by atoms with Gasteiger partial charge in [0.25, 0.3) is 0 Å². The molecule has 0 aliphatic heterocycles. The van der Waals surface area contributed by atoms with Crippen LogP contribution in [0.2, 0.25) is 0 Å². The number of thiophene rings is 1. The van der Waals surface area contributed by atoms with Crippen LogP contribution in [-0.2, 0) is 11.3 Å². The molecule has 2 aromatic rings. The number of likely N-dealkylation sites (N-methyl/N-ethyl adjacent to an activating group) is 1. The maximum absolute atomic E-state index is 12.0. The minimum atomic E-state index is 0.00935. The van der Waals surface area contributed by atoms with Crippen molar-refractivity contribution in [3.63, 3.8) is 0 Å². The van der Waals surface area contributed by atoms with E-state index in [-0.39, 0.29) is 5.91 Å². The average molecular weight is 350 g/mol. The Bertz CT molecular complexity index is 616. The molecule has 1 amide bonds. The van der Waals surface area contributed by atoms with E-state index in [4.69, 9.17) is 0 Å². The van der Waals surface area contributed by atoms with Gasteiger partial charge in [0.2, 0.25) is 5.91 Å². The van der Waals surface area contributed by atoms with Crippen LogP contribution in [0.3, 0.4) is 0 Å². The highest BCUT2D eigenvalue weighted by Crippen LogP contribution is 2.23. The highest BCUT2D eigenvalue weighted by molar-refractivity contribution is 9.11. The molecule has 0 bridgehead atoms. The monoisotopic (exact) mass is 349 g/mol. The molecule has 20 heavy (non-hydrogen) atoms. The van der Waals surface area contributed by atoms with E-state index in [9.17, 15) is 4.79 Å². The number of benzene rings is 1. The van der Waals surface area contributed by atoms with Gasteiger partial charge in [-0.1, -0.05) is 29.8 Å². The van der Waals surface area contributed by atoms with Gasteiger partial charge >= 0.3 is 0 Å². The lowest BCUT2D eigenvalue weighted by atomic mass is 10.1. The van der Waals surface area contributed by atoms with Crippen molar-refractivity contribution in [2.45, 2.75) is 13.5 Å². The normalized spacial score (nSPS) is 10.9. The second-order valence-electron chi connectivity index (χ2n) is 4.64. The quantitative estimate of drug-likeness (QED) is 0.744. The number of carbonyl (C=O) groups excluding carboxylic acids is 1. The summed E-state index contributed by atoms with van der Waals surface area (Å²) in [4.78, 5) is 14.9. The van der Waals surface area contributed by atoms with Crippen molar-refractivity contribution >= 4 is 39.2 Å². The van der Waals surface area contributed by atoms with E-state index in [0.717, 1.165) is 14.2 Å². The topological polar surface area (TPSA) is 20.3 Å². The molecule has 1 heterocycles. The van der Waals surface area contributed by atoms with Crippen molar-refractivity contribution in [2.24, 2.45) is 0 Å². The average Bonchev–Trinajstić information content (AvgIpc) is 2.83. The molecule has 0 fully saturated rings. The summed E-state index contributed by atoms with van der Waals surface area (Å²) in [6, 6.07) is 12.1. The maximum atomic E-state index is 12.0. The molecule has 0 unspecified atom stereocenters. The summed E-state index contributed by atoms with van der Waals surface area (Å²) < 4.78 is 1.09. The molecule has 104 valence electrons. The van der Waals surface area contributed by atoms with Crippen LogP contribution in [0.1, 0.15) is 16.0 Å². The van der Waals surface area contributed by atoms with Crippen LogP contribution in [0.15, 0.2) is 46.3 Å². The maximum Gasteiger partial charge on any atom is 0.246 e. The molecule has 0 N–H and O–H groups in total. The molecule has 0 atom stereocenters. The van der Waals surface area contributed by atoms with Crippen molar-refractivity contribution in [2.75, 3.05) is 7.05 Å². The Labute approximate surface area is 131 Å². The highest BCUT2D eigenvalue weighted by atomic mass is 79.9. The number of carbonyl (C=O) groups is 1. The fraction of sp³-hybridized carbons (Fsp3) is 0.188. The summed E-state index contributed by atoms with van der Waals surface area (Å²) in [6.45, 7) is 2.68. The first-order valence-corrected chi connectivity index (χ1v) is 7.89. The molecule has 0 saturated heterocycles. The van der Waals surface area contributed by atoms with Crippen LogP contribution < -0.4 is 0 Å². The molecule has 0 radical (unpaired) electrons. The molecule has 0 saturated carbocycles. The number of aryl methyl sites for hydroxylation is 1. The third-order valence-corrected chi connectivity index (χ3v) is 4.50. The Morgan fingerprint density at radius 3 is 2.55 bits per heavy atom. The van der Waals surface area contributed by atoms with Gasteiger partial charge in [0, 0.05) is 18.0 Å². The van der Waals surface area contributed by atoms with Gasteiger partial charge in [0.15, 0.2) is 0 Å². The minimum absolute atomic E-state index is 0.00935. The second kappa shape index (κ2) is 6.86. The van der Waals surface area contributed by atoms with Gasteiger partial charge in [0.1, 0.15) is 0 Å². The predicted octanol–water partition coefficient (Wildman–Crippen LogP) is 4.49.